The highest BCUT2D eigenvalue weighted by atomic mass is 32.2. The topological polar surface area (TPSA) is 100 Å². The van der Waals surface area contributed by atoms with Crippen LogP contribution in [0.15, 0.2) is 59.8 Å². The Morgan fingerprint density at radius 2 is 1.61 bits per heavy atom. The van der Waals surface area contributed by atoms with Gasteiger partial charge < -0.3 is 14.8 Å². The first kappa shape index (κ1) is 21.0. The van der Waals surface area contributed by atoms with Crippen molar-refractivity contribution in [1.29, 1.82) is 0 Å². The van der Waals surface area contributed by atoms with Crippen molar-refractivity contribution in [2.75, 3.05) is 36.4 Å². The number of sulfonamides is 1. The number of benzene rings is 1. The second-order valence-electron chi connectivity index (χ2n) is 7.39. The zero-order valence-corrected chi connectivity index (χ0v) is 18.2. The lowest BCUT2D eigenvalue weighted by atomic mass is 10.2. The Kier molecular flexibility index (Phi) is 5.75. The van der Waals surface area contributed by atoms with Gasteiger partial charge in [0.25, 0.3) is 0 Å². The fourth-order valence-electron chi connectivity index (χ4n) is 3.63. The standard InChI is InChI=1S/C21H24N6O3S/c1-16-15-18(22-17(2)28)5-6-19(16)31(29,30)27-13-11-26(12-14-27)21-8-7-20(23-24-21)25-9-3-4-10-25/h3-10,15H,11-14H2,1-2H3,(H,22,28). The SMILES string of the molecule is CC(=O)Nc1ccc(S(=O)(=O)N2CCN(c3ccc(-n4cccc4)nn3)CC2)c(C)c1. The molecular weight excluding hydrogens is 416 g/mol. The molecule has 1 saturated heterocycles. The molecule has 3 heterocycles. The van der Waals surface area contributed by atoms with Crippen molar-refractivity contribution in [3.63, 3.8) is 0 Å². The molecule has 1 N–H and O–H groups in total. The van der Waals surface area contributed by atoms with E-state index >= 15 is 0 Å². The predicted octanol–water partition coefficient (Wildman–Crippen LogP) is 2.05. The van der Waals surface area contributed by atoms with Crippen LogP contribution in [0.1, 0.15) is 12.5 Å². The van der Waals surface area contributed by atoms with Crippen LogP contribution in [0, 0.1) is 6.92 Å². The number of aromatic nitrogens is 3. The van der Waals surface area contributed by atoms with Crippen molar-refractivity contribution in [3.8, 4) is 5.82 Å². The van der Waals surface area contributed by atoms with Crippen molar-refractivity contribution < 1.29 is 13.2 Å². The van der Waals surface area contributed by atoms with Crippen LogP contribution >= 0.6 is 0 Å². The normalized spacial score (nSPS) is 15.1. The molecule has 0 atom stereocenters. The van der Waals surface area contributed by atoms with Crippen molar-refractivity contribution in [3.05, 3.63) is 60.4 Å². The van der Waals surface area contributed by atoms with Gasteiger partial charge >= 0.3 is 0 Å². The van der Waals surface area contributed by atoms with Crippen LogP contribution in [0.5, 0.6) is 0 Å². The molecule has 0 aliphatic carbocycles. The minimum Gasteiger partial charge on any atom is -0.352 e. The molecule has 2 aromatic heterocycles. The molecule has 0 radical (unpaired) electrons. The van der Waals surface area contributed by atoms with E-state index in [0.717, 1.165) is 11.6 Å². The fraction of sp³-hybridized carbons (Fsp3) is 0.286. The second kappa shape index (κ2) is 8.48. The van der Waals surface area contributed by atoms with Gasteiger partial charge in [0.05, 0.1) is 4.90 Å². The van der Waals surface area contributed by atoms with E-state index in [1.54, 1.807) is 25.1 Å². The predicted molar refractivity (Wildman–Crippen MR) is 118 cm³/mol. The molecule has 1 aliphatic heterocycles. The summed E-state index contributed by atoms with van der Waals surface area (Å²) in [5.74, 6) is 1.26. The van der Waals surface area contributed by atoms with Gasteiger partial charge in [-0.2, -0.15) is 4.31 Å². The molecule has 10 heteroatoms. The average Bonchev–Trinajstić information content (AvgIpc) is 3.28. The Hall–Kier alpha value is -3.24. The highest BCUT2D eigenvalue weighted by Gasteiger charge is 2.30. The number of carbonyl (C=O) groups is 1. The molecular formula is C21H24N6O3S. The van der Waals surface area contributed by atoms with Gasteiger partial charge in [-0.3, -0.25) is 4.79 Å². The summed E-state index contributed by atoms with van der Waals surface area (Å²) in [5, 5.41) is 11.2. The first-order valence-electron chi connectivity index (χ1n) is 9.95. The molecule has 0 unspecified atom stereocenters. The zero-order chi connectivity index (χ0) is 22.0. The van der Waals surface area contributed by atoms with Gasteiger partial charge in [0, 0.05) is 51.2 Å². The minimum atomic E-state index is -3.63. The van der Waals surface area contributed by atoms with E-state index in [9.17, 15) is 13.2 Å². The van der Waals surface area contributed by atoms with Crippen LogP contribution in [0.4, 0.5) is 11.5 Å². The van der Waals surface area contributed by atoms with Crippen LogP contribution in [0.2, 0.25) is 0 Å². The van der Waals surface area contributed by atoms with Gasteiger partial charge in [0.2, 0.25) is 15.9 Å². The number of hydrogen-bond acceptors (Lipinski definition) is 6. The van der Waals surface area contributed by atoms with Crippen molar-refractivity contribution in [1.82, 2.24) is 19.1 Å². The van der Waals surface area contributed by atoms with E-state index in [2.05, 4.69) is 15.5 Å². The Bertz CT molecular complexity index is 1170. The van der Waals surface area contributed by atoms with Gasteiger partial charge in [-0.15, -0.1) is 10.2 Å². The number of piperazine rings is 1. The summed E-state index contributed by atoms with van der Waals surface area (Å²) in [4.78, 5) is 13.5. The summed E-state index contributed by atoms with van der Waals surface area (Å²) in [6, 6.07) is 12.5. The monoisotopic (exact) mass is 440 g/mol. The number of carbonyl (C=O) groups excluding carboxylic acids is 1. The molecule has 0 bridgehead atoms. The Labute approximate surface area is 181 Å². The summed E-state index contributed by atoms with van der Waals surface area (Å²) < 4.78 is 29.7. The first-order chi connectivity index (χ1) is 14.8. The molecule has 9 nitrogen and oxygen atoms in total. The number of hydrogen-bond donors (Lipinski definition) is 1. The lowest BCUT2D eigenvalue weighted by Crippen LogP contribution is -2.49. The smallest absolute Gasteiger partial charge is 0.243 e. The maximum Gasteiger partial charge on any atom is 0.243 e. The van der Waals surface area contributed by atoms with E-state index in [1.807, 2.05) is 46.1 Å². The third-order valence-corrected chi connectivity index (χ3v) is 7.24. The summed E-state index contributed by atoms with van der Waals surface area (Å²) in [5.41, 5.74) is 1.18. The highest BCUT2D eigenvalue weighted by Crippen LogP contribution is 2.25. The Morgan fingerprint density at radius 3 is 2.19 bits per heavy atom. The molecule has 3 aromatic rings. The summed E-state index contributed by atoms with van der Waals surface area (Å²) in [6.45, 7) is 4.92. The van der Waals surface area contributed by atoms with E-state index in [-0.39, 0.29) is 10.8 Å². The molecule has 31 heavy (non-hydrogen) atoms. The minimum absolute atomic E-state index is 0.198. The van der Waals surface area contributed by atoms with Crippen LogP contribution in [-0.4, -0.2) is 59.6 Å². The summed E-state index contributed by atoms with van der Waals surface area (Å²) in [7, 11) is -3.63. The van der Waals surface area contributed by atoms with Gasteiger partial charge in [-0.1, -0.05) is 0 Å². The molecule has 4 rings (SSSR count). The second-order valence-corrected chi connectivity index (χ2v) is 9.30. The molecule has 162 valence electrons. The Morgan fingerprint density at radius 1 is 0.968 bits per heavy atom. The van der Waals surface area contributed by atoms with Crippen molar-refractivity contribution in [2.24, 2.45) is 0 Å². The van der Waals surface area contributed by atoms with E-state index in [0.29, 0.717) is 37.4 Å². The van der Waals surface area contributed by atoms with Crippen LogP contribution in [-0.2, 0) is 14.8 Å². The average molecular weight is 441 g/mol. The third-order valence-electron chi connectivity index (χ3n) is 5.18. The molecule has 1 aromatic carbocycles. The van der Waals surface area contributed by atoms with Gasteiger partial charge in [-0.05, 0) is 55.0 Å². The third kappa shape index (κ3) is 4.44. The molecule has 0 spiro atoms. The van der Waals surface area contributed by atoms with Crippen molar-refractivity contribution >= 4 is 27.4 Å². The van der Waals surface area contributed by atoms with Crippen LogP contribution < -0.4 is 10.2 Å². The fourth-order valence-corrected chi connectivity index (χ4v) is 5.26. The summed E-state index contributed by atoms with van der Waals surface area (Å²) in [6.07, 6.45) is 3.80. The van der Waals surface area contributed by atoms with E-state index in [1.165, 1.54) is 11.2 Å². The number of nitrogens with one attached hydrogen (secondary N) is 1. The van der Waals surface area contributed by atoms with E-state index < -0.39 is 10.0 Å². The van der Waals surface area contributed by atoms with Crippen molar-refractivity contribution in [2.45, 2.75) is 18.7 Å². The first-order valence-corrected chi connectivity index (χ1v) is 11.4. The molecule has 1 amide bonds. The van der Waals surface area contributed by atoms with E-state index in [4.69, 9.17) is 0 Å². The molecule has 1 aliphatic rings. The Balaban J connectivity index is 1.44. The number of anilines is 2. The maximum atomic E-state index is 13.2. The number of rotatable bonds is 5. The van der Waals surface area contributed by atoms with Crippen LogP contribution in [0.3, 0.4) is 0 Å². The molecule has 1 fully saturated rings. The summed E-state index contributed by atoms with van der Waals surface area (Å²) >= 11 is 0. The lowest BCUT2D eigenvalue weighted by Gasteiger charge is -2.34. The zero-order valence-electron chi connectivity index (χ0n) is 17.4. The highest BCUT2D eigenvalue weighted by molar-refractivity contribution is 7.89. The number of nitrogens with zero attached hydrogens (tertiary/aromatic N) is 5. The number of aryl methyl sites for hydroxylation is 1. The van der Waals surface area contributed by atoms with Gasteiger partial charge in [-0.25, -0.2) is 8.42 Å². The van der Waals surface area contributed by atoms with Crippen LogP contribution in [0.25, 0.3) is 5.82 Å². The lowest BCUT2D eigenvalue weighted by molar-refractivity contribution is -0.114. The van der Waals surface area contributed by atoms with Gasteiger partial charge in [0.15, 0.2) is 11.6 Å². The quantitative estimate of drug-likeness (QED) is 0.652. The maximum absolute atomic E-state index is 13.2. The van der Waals surface area contributed by atoms with Gasteiger partial charge in [0.1, 0.15) is 0 Å². The molecule has 0 saturated carbocycles. The largest absolute Gasteiger partial charge is 0.352 e. The number of amides is 1.